The van der Waals surface area contributed by atoms with Gasteiger partial charge in [0, 0.05) is 25.4 Å². The summed E-state index contributed by atoms with van der Waals surface area (Å²) in [4.78, 5) is 22.2. The van der Waals surface area contributed by atoms with Crippen LogP contribution in [0.25, 0.3) is 0 Å². The molecule has 0 fully saturated rings. The molecular formula is C12H12N4O4. The van der Waals surface area contributed by atoms with Gasteiger partial charge in [0.05, 0.1) is 35.5 Å². The van der Waals surface area contributed by atoms with Crippen molar-refractivity contribution in [1.82, 2.24) is 9.78 Å². The highest BCUT2D eigenvalue weighted by Gasteiger charge is 2.13. The minimum absolute atomic E-state index is 0.161. The number of ether oxygens (including phenoxy) is 1. The lowest BCUT2D eigenvalue weighted by Gasteiger charge is -2.06. The van der Waals surface area contributed by atoms with Gasteiger partial charge in [-0.2, -0.15) is 5.10 Å². The first kappa shape index (κ1) is 13.5. The molecule has 0 unspecified atom stereocenters. The maximum absolute atomic E-state index is 11.9. The fraction of sp³-hybridized carbons (Fsp3) is 0.167. The zero-order valence-corrected chi connectivity index (χ0v) is 10.9. The summed E-state index contributed by atoms with van der Waals surface area (Å²) in [6, 6.07) is 4.04. The number of benzene rings is 1. The third kappa shape index (κ3) is 2.91. The van der Waals surface area contributed by atoms with Crippen LogP contribution in [0.2, 0.25) is 0 Å². The molecule has 0 saturated carbocycles. The highest BCUT2D eigenvalue weighted by molar-refractivity contribution is 6.04. The lowest BCUT2D eigenvalue weighted by Crippen LogP contribution is -2.11. The van der Waals surface area contributed by atoms with Crippen LogP contribution < -0.4 is 10.1 Å². The number of anilines is 1. The number of nitrogens with one attached hydrogen (secondary N) is 1. The number of non-ortho nitro benzene ring substituents is 1. The molecular weight excluding hydrogens is 264 g/mol. The average Bonchev–Trinajstić information content (AvgIpc) is 2.85. The van der Waals surface area contributed by atoms with E-state index in [4.69, 9.17) is 4.74 Å². The van der Waals surface area contributed by atoms with E-state index in [0.29, 0.717) is 11.3 Å². The standard InChI is InChI=1S/C12H12N4O4/c1-15-7-8(6-13-15)12(17)14-9-3-10(16(18)19)5-11(4-9)20-2/h3-7H,1-2H3,(H,14,17). The van der Waals surface area contributed by atoms with Crippen LogP contribution in [0.1, 0.15) is 10.4 Å². The van der Waals surface area contributed by atoms with E-state index in [0.717, 1.165) is 0 Å². The van der Waals surface area contributed by atoms with Gasteiger partial charge in [-0.1, -0.05) is 0 Å². The number of nitro groups is 1. The number of carbonyl (C=O) groups is 1. The van der Waals surface area contributed by atoms with Crippen molar-refractivity contribution in [3.05, 3.63) is 46.3 Å². The Labute approximate surface area is 114 Å². The molecule has 8 heteroatoms. The molecule has 0 aliphatic carbocycles. The Bertz CT molecular complexity index is 665. The Morgan fingerprint density at radius 2 is 2.20 bits per heavy atom. The second-order valence-electron chi connectivity index (χ2n) is 4.03. The van der Waals surface area contributed by atoms with E-state index in [1.54, 1.807) is 13.2 Å². The number of nitrogens with zero attached hydrogens (tertiary/aromatic N) is 3. The van der Waals surface area contributed by atoms with Crippen molar-refractivity contribution in [1.29, 1.82) is 0 Å². The predicted molar refractivity (Wildman–Crippen MR) is 70.8 cm³/mol. The van der Waals surface area contributed by atoms with Gasteiger partial charge in [-0.05, 0) is 0 Å². The van der Waals surface area contributed by atoms with Gasteiger partial charge in [-0.15, -0.1) is 0 Å². The second kappa shape index (κ2) is 5.39. The fourth-order valence-corrected chi connectivity index (χ4v) is 1.62. The Balaban J connectivity index is 2.26. The van der Waals surface area contributed by atoms with E-state index in [1.165, 1.54) is 36.2 Å². The lowest BCUT2D eigenvalue weighted by atomic mass is 10.2. The summed E-state index contributed by atoms with van der Waals surface area (Å²) in [6.07, 6.45) is 2.95. The van der Waals surface area contributed by atoms with E-state index in [1.807, 2.05) is 0 Å². The molecule has 2 rings (SSSR count). The number of amides is 1. The molecule has 20 heavy (non-hydrogen) atoms. The number of aryl methyl sites for hydroxylation is 1. The van der Waals surface area contributed by atoms with E-state index >= 15 is 0 Å². The van der Waals surface area contributed by atoms with Gasteiger partial charge in [-0.25, -0.2) is 0 Å². The summed E-state index contributed by atoms with van der Waals surface area (Å²) in [5.74, 6) is -0.110. The maximum atomic E-state index is 11.9. The zero-order chi connectivity index (χ0) is 14.7. The highest BCUT2D eigenvalue weighted by atomic mass is 16.6. The fourth-order valence-electron chi connectivity index (χ4n) is 1.62. The van der Waals surface area contributed by atoms with E-state index < -0.39 is 10.8 Å². The van der Waals surface area contributed by atoms with Gasteiger partial charge >= 0.3 is 0 Å². The number of carbonyl (C=O) groups excluding carboxylic acids is 1. The molecule has 104 valence electrons. The Hall–Kier alpha value is -2.90. The quantitative estimate of drug-likeness (QED) is 0.675. The van der Waals surface area contributed by atoms with Crippen LogP contribution in [0.15, 0.2) is 30.6 Å². The molecule has 0 radical (unpaired) electrons. The zero-order valence-electron chi connectivity index (χ0n) is 10.9. The molecule has 0 aliphatic heterocycles. The van der Waals surface area contributed by atoms with Crippen molar-refractivity contribution >= 4 is 17.3 Å². The first-order valence-electron chi connectivity index (χ1n) is 5.63. The van der Waals surface area contributed by atoms with Crippen LogP contribution in [0.3, 0.4) is 0 Å². The van der Waals surface area contributed by atoms with Crippen LogP contribution in [0.4, 0.5) is 11.4 Å². The molecule has 0 bridgehead atoms. The molecule has 0 spiro atoms. The van der Waals surface area contributed by atoms with E-state index in [9.17, 15) is 14.9 Å². The van der Waals surface area contributed by atoms with Gasteiger partial charge in [0.25, 0.3) is 11.6 Å². The summed E-state index contributed by atoms with van der Waals surface area (Å²) in [7, 11) is 3.08. The highest BCUT2D eigenvalue weighted by Crippen LogP contribution is 2.26. The summed E-state index contributed by atoms with van der Waals surface area (Å²) in [6.45, 7) is 0. The van der Waals surface area contributed by atoms with Crippen LogP contribution in [0, 0.1) is 10.1 Å². The summed E-state index contributed by atoms with van der Waals surface area (Å²) in [5, 5.41) is 17.3. The summed E-state index contributed by atoms with van der Waals surface area (Å²) < 4.78 is 6.45. The van der Waals surface area contributed by atoms with Crippen molar-refractivity contribution in [3.8, 4) is 5.75 Å². The number of aromatic nitrogens is 2. The largest absolute Gasteiger partial charge is 0.496 e. The molecule has 0 saturated heterocycles. The third-order valence-electron chi connectivity index (χ3n) is 2.56. The molecule has 1 heterocycles. The Morgan fingerprint density at radius 3 is 2.75 bits per heavy atom. The van der Waals surface area contributed by atoms with Crippen molar-refractivity contribution in [3.63, 3.8) is 0 Å². The molecule has 1 aromatic heterocycles. The van der Waals surface area contributed by atoms with Gasteiger partial charge < -0.3 is 10.1 Å². The number of hydrogen-bond donors (Lipinski definition) is 1. The number of rotatable bonds is 4. The monoisotopic (exact) mass is 276 g/mol. The van der Waals surface area contributed by atoms with Gasteiger partial charge in [0.15, 0.2) is 0 Å². The number of nitro benzene ring substituents is 1. The van der Waals surface area contributed by atoms with Crippen molar-refractivity contribution in [2.75, 3.05) is 12.4 Å². The van der Waals surface area contributed by atoms with Gasteiger partial charge in [0.2, 0.25) is 0 Å². The van der Waals surface area contributed by atoms with Crippen LogP contribution in [-0.4, -0.2) is 27.7 Å². The first-order chi connectivity index (χ1) is 9.49. The first-order valence-corrected chi connectivity index (χ1v) is 5.63. The average molecular weight is 276 g/mol. The molecule has 1 amide bonds. The van der Waals surface area contributed by atoms with Crippen LogP contribution in [-0.2, 0) is 7.05 Å². The molecule has 1 N–H and O–H groups in total. The topological polar surface area (TPSA) is 99.3 Å². The SMILES string of the molecule is COc1cc(NC(=O)c2cnn(C)c2)cc([N+](=O)[O-])c1. The van der Waals surface area contributed by atoms with E-state index in [-0.39, 0.29) is 11.4 Å². The summed E-state index contributed by atoms with van der Waals surface area (Å²) >= 11 is 0. The van der Waals surface area contributed by atoms with Crippen LogP contribution >= 0.6 is 0 Å². The Morgan fingerprint density at radius 1 is 1.45 bits per heavy atom. The molecule has 0 aliphatic rings. The lowest BCUT2D eigenvalue weighted by molar-refractivity contribution is -0.384. The minimum atomic E-state index is -0.553. The van der Waals surface area contributed by atoms with Crippen molar-refractivity contribution < 1.29 is 14.5 Å². The van der Waals surface area contributed by atoms with Crippen molar-refractivity contribution in [2.24, 2.45) is 7.05 Å². The van der Waals surface area contributed by atoms with Gasteiger partial charge in [0.1, 0.15) is 5.75 Å². The number of methoxy groups -OCH3 is 1. The number of hydrogen-bond acceptors (Lipinski definition) is 5. The molecule has 2 aromatic rings. The normalized spacial score (nSPS) is 10.1. The smallest absolute Gasteiger partial charge is 0.275 e. The third-order valence-corrected chi connectivity index (χ3v) is 2.56. The second-order valence-corrected chi connectivity index (χ2v) is 4.03. The molecule has 8 nitrogen and oxygen atoms in total. The molecule has 1 aromatic carbocycles. The van der Waals surface area contributed by atoms with E-state index in [2.05, 4.69) is 10.4 Å². The van der Waals surface area contributed by atoms with Gasteiger partial charge in [-0.3, -0.25) is 19.6 Å². The molecule has 0 atom stereocenters. The minimum Gasteiger partial charge on any atom is -0.496 e. The Kier molecular flexibility index (Phi) is 3.65. The summed E-state index contributed by atoms with van der Waals surface area (Å²) in [5.41, 5.74) is 0.480. The van der Waals surface area contributed by atoms with Crippen molar-refractivity contribution in [2.45, 2.75) is 0 Å². The van der Waals surface area contributed by atoms with Crippen LogP contribution in [0.5, 0.6) is 5.75 Å². The maximum Gasteiger partial charge on any atom is 0.275 e. The predicted octanol–water partition coefficient (Wildman–Crippen LogP) is 1.59.